The average Bonchev–Trinajstić information content (AvgIpc) is 2.65. The summed E-state index contributed by atoms with van der Waals surface area (Å²) in [5.74, 6) is 1.63. The maximum absolute atomic E-state index is 5.89. The fraction of sp³-hybridized carbons (Fsp3) is 0.0909. The Balaban J connectivity index is 1.40. The summed E-state index contributed by atoms with van der Waals surface area (Å²) in [4.78, 5) is 0. The van der Waals surface area contributed by atoms with Crippen molar-refractivity contribution in [2.24, 2.45) is 0 Å². The first-order valence-electron chi connectivity index (χ1n) is 8.04. The second-order valence-corrected chi connectivity index (χ2v) is 5.58. The molecule has 24 heavy (non-hydrogen) atoms. The first-order chi connectivity index (χ1) is 11.9. The molecule has 0 spiro atoms. The van der Waals surface area contributed by atoms with Crippen LogP contribution in [0.25, 0.3) is 21.5 Å². The highest BCUT2D eigenvalue weighted by Gasteiger charge is 2.02. The Morgan fingerprint density at radius 1 is 0.625 bits per heavy atom. The number of fused-ring (bicyclic) bond motifs is 2. The highest BCUT2D eigenvalue weighted by Crippen LogP contribution is 2.25. The standard InChI is InChI=1S/C22H17O2/c1-2-8-19-16-20(13-12-17(19)6-1)23-14-15-24-22-11-5-9-18-7-3-4-10-21(18)22/h1-13H,14-15H2. The molecule has 117 valence electrons. The van der Waals surface area contributed by atoms with Crippen molar-refractivity contribution in [1.82, 2.24) is 0 Å². The molecule has 0 bridgehead atoms. The molecular weight excluding hydrogens is 296 g/mol. The molecule has 0 N–H and O–H groups in total. The zero-order chi connectivity index (χ0) is 16.2. The van der Waals surface area contributed by atoms with Crippen LogP contribution < -0.4 is 9.47 Å². The molecular formula is C22H17O2. The molecule has 0 atom stereocenters. The molecule has 0 aliphatic carbocycles. The lowest BCUT2D eigenvalue weighted by atomic mass is 10.1. The largest absolute Gasteiger partial charge is 0.489 e. The van der Waals surface area contributed by atoms with Crippen LogP contribution in [0.5, 0.6) is 11.5 Å². The molecule has 0 unspecified atom stereocenters. The third-order valence-corrected chi connectivity index (χ3v) is 3.98. The van der Waals surface area contributed by atoms with Crippen LogP contribution in [-0.2, 0) is 0 Å². The van der Waals surface area contributed by atoms with Gasteiger partial charge < -0.3 is 9.47 Å². The summed E-state index contributed by atoms with van der Waals surface area (Å²) in [5, 5.41) is 4.53. The van der Waals surface area contributed by atoms with Crippen LogP contribution >= 0.6 is 0 Å². The quantitative estimate of drug-likeness (QED) is 0.468. The molecule has 0 heterocycles. The van der Waals surface area contributed by atoms with E-state index in [0.29, 0.717) is 13.2 Å². The lowest BCUT2D eigenvalue weighted by Gasteiger charge is -2.10. The molecule has 4 aromatic carbocycles. The van der Waals surface area contributed by atoms with E-state index in [0.717, 1.165) is 27.7 Å². The van der Waals surface area contributed by atoms with Gasteiger partial charge in [0, 0.05) is 11.5 Å². The predicted molar refractivity (Wildman–Crippen MR) is 97.7 cm³/mol. The second kappa shape index (κ2) is 6.63. The topological polar surface area (TPSA) is 18.5 Å². The Morgan fingerprint density at radius 3 is 2.33 bits per heavy atom. The summed E-state index contributed by atoms with van der Waals surface area (Å²) in [6, 6.07) is 29.7. The molecule has 4 aromatic rings. The van der Waals surface area contributed by atoms with Gasteiger partial charge in [0.15, 0.2) is 0 Å². The van der Waals surface area contributed by atoms with E-state index >= 15 is 0 Å². The van der Waals surface area contributed by atoms with Gasteiger partial charge in [0.1, 0.15) is 24.7 Å². The van der Waals surface area contributed by atoms with E-state index in [1.165, 1.54) is 5.39 Å². The van der Waals surface area contributed by atoms with Gasteiger partial charge in [-0.15, -0.1) is 0 Å². The van der Waals surface area contributed by atoms with Gasteiger partial charge in [0.2, 0.25) is 0 Å². The minimum Gasteiger partial charge on any atom is -0.489 e. The fourth-order valence-corrected chi connectivity index (χ4v) is 2.81. The van der Waals surface area contributed by atoms with Crippen molar-refractivity contribution in [2.45, 2.75) is 0 Å². The van der Waals surface area contributed by atoms with Gasteiger partial charge in [-0.05, 0) is 28.3 Å². The molecule has 0 saturated heterocycles. The zero-order valence-corrected chi connectivity index (χ0v) is 13.2. The minimum atomic E-state index is 0.484. The number of hydrogen-bond donors (Lipinski definition) is 0. The summed E-state index contributed by atoms with van der Waals surface area (Å²) in [6.45, 7) is 0.979. The Morgan fingerprint density at radius 2 is 1.38 bits per heavy atom. The van der Waals surface area contributed by atoms with Crippen molar-refractivity contribution in [2.75, 3.05) is 13.2 Å². The number of rotatable bonds is 5. The summed E-state index contributed by atoms with van der Waals surface area (Å²) in [6.07, 6.45) is 0. The van der Waals surface area contributed by atoms with E-state index in [-0.39, 0.29) is 0 Å². The van der Waals surface area contributed by atoms with Crippen molar-refractivity contribution in [3.8, 4) is 11.5 Å². The van der Waals surface area contributed by atoms with Gasteiger partial charge in [-0.25, -0.2) is 0 Å². The number of benzene rings is 4. The van der Waals surface area contributed by atoms with E-state index in [1.807, 2.05) is 54.6 Å². The average molecular weight is 313 g/mol. The van der Waals surface area contributed by atoms with Gasteiger partial charge in [-0.2, -0.15) is 0 Å². The molecule has 2 heteroatoms. The van der Waals surface area contributed by atoms with Gasteiger partial charge in [-0.3, -0.25) is 0 Å². The van der Waals surface area contributed by atoms with E-state index in [1.54, 1.807) is 0 Å². The van der Waals surface area contributed by atoms with Crippen LogP contribution in [-0.4, -0.2) is 13.2 Å². The molecule has 0 saturated carbocycles. The molecule has 0 aromatic heterocycles. The first kappa shape index (κ1) is 14.6. The second-order valence-electron chi connectivity index (χ2n) is 5.58. The highest BCUT2D eigenvalue weighted by molar-refractivity contribution is 5.88. The molecule has 4 rings (SSSR count). The molecule has 0 amide bonds. The molecule has 1 radical (unpaired) electrons. The Labute approximate surface area is 141 Å². The molecule has 0 fully saturated rings. The van der Waals surface area contributed by atoms with E-state index in [2.05, 4.69) is 30.3 Å². The summed E-state index contributed by atoms with van der Waals surface area (Å²) in [7, 11) is 0. The van der Waals surface area contributed by atoms with Crippen molar-refractivity contribution in [3.05, 3.63) is 84.9 Å². The van der Waals surface area contributed by atoms with E-state index in [9.17, 15) is 0 Å². The third kappa shape index (κ3) is 3.04. The van der Waals surface area contributed by atoms with Crippen molar-refractivity contribution < 1.29 is 9.47 Å². The monoisotopic (exact) mass is 313 g/mol. The van der Waals surface area contributed by atoms with Crippen LogP contribution in [0, 0.1) is 6.07 Å². The van der Waals surface area contributed by atoms with Gasteiger partial charge >= 0.3 is 0 Å². The first-order valence-corrected chi connectivity index (χ1v) is 8.04. The Kier molecular flexibility index (Phi) is 4.03. The van der Waals surface area contributed by atoms with Crippen LogP contribution in [0.2, 0.25) is 0 Å². The molecule has 0 aliphatic rings. The van der Waals surface area contributed by atoms with E-state index < -0.39 is 0 Å². The van der Waals surface area contributed by atoms with Gasteiger partial charge in [0.05, 0.1) is 0 Å². The third-order valence-electron chi connectivity index (χ3n) is 3.98. The zero-order valence-electron chi connectivity index (χ0n) is 13.2. The lowest BCUT2D eigenvalue weighted by molar-refractivity contribution is 0.218. The highest BCUT2D eigenvalue weighted by atomic mass is 16.5. The normalized spacial score (nSPS) is 10.8. The molecule has 0 aliphatic heterocycles. The van der Waals surface area contributed by atoms with Crippen molar-refractivity contribution in [1.29, 1.82) is 0 Å². The number of hydrogen-bond acceptors (Lipinski definition) is 2. The maximum Gasteiger partial charge on any atom is 0.128 e. The predicted octanol–water partition coefficient (Wildman–Crippen LogP) is 5.25. The number of ether oxygens (including phenoxy) is 2. The minimum absolute atomic E-state index is 0.484. The summed E-state index contributed by atoms with van der Waals surface area (Å²) < 4.78 is 11.7. The van der Waals surface area contributed by atoms with Crippen LogP contribution in [0.1, 0.15) is 0 Å². The van der Waals surface area contributed by atoms with Crippen LogP contribution in [0.4, 0.5) is 0 Å². The van der Waals surface area contributed by atoms with Crippen molar-refractivity contribution in [3.63, 3.8) is 0 Å². The SMILES string of the molecule is [c]1c(OCCOc2cccc3ccccc23)ccc2ccccc12. The maximum atomic E-state index is 5.89. The van der Waals surface area contributed by atoms with Crippen LogP contribution in [0.3, 0.4) is 0 Å². The van der Waals surface area contributed by atoms with Gasteiger partial charge in [0.25, 0.3) is 0 Å². The Hall–Kier alpha value is -3.00. The smallest absolute Gasteiger partial charge is 0.128 e. The summed E-state index contributed by atoms with van der Waals surface area (Å²) in [5.41, 5.74) is 0. The molecule has 2 nitrogen and oxygen atoms in total. The van der Waals surface area contributed by atoms with E-state index in [4.69, 9.17) is 9.47 Å². The summed E-state index contributed by atoms with van der Waals surface area (Å²) >= 11 is 0. The van der Waals surface area contributed by atoms with Crippen molar-refractivity contribution >= 4 is 21.5 Å². The van der Waals surface area contributed by atoms with Gasteiger partial charge in [-0.1, -0.05) is 66.7 Å². The van der Waals surface area contributed by atoms with Crippen LogP contribution in [0.15, 0.2) is 78.9 Å². The Bertz CT molecular complexity index is 970. The fourth-order valence-electron chi connectivity index (χ4n) is 2.81. The lowest BCUT2D eigenvalue weighted by Crippen LogP contribution is -2.09.